The van der Waals surface area contributed by atoms with Gasteiger partial charge in [0.25, 0.3) is 18.7 Å². The smallest absolute Gasteiger partial charge is 0.352 e. The molecule has 1 aromatic heterocycles. The Morgan fingerprint density at radius 2 is 2.12 bits per heavy atom. The van der Waals surface area contributed by atoms with Crippen LogP contribution in [0.5, 0.6) is 0 Å². The molecule has 1 aromatic rings. The number of hydrogen-bond donors (Lipinski definition) is 3. The number of nitrogens with two attached hydrogens (primary N) is 1. The Morgan fingerprint density at radius 1 is 1.38 bits per heavy atom. The molecule has 0 unspecified atom stereocenters. The second kappa shape index (κ2) is 10.6. The number of nitrogens with zero attached hydrogens (tertiary/aromatic N) is 4. The van der Waals surface area contributed by atoms with E-state index in [9.17, 15) is 33.5 Å². The van der Waals surface area contributed by atoms with Crippen LogP contribution in [-0.2, 0) is 33.5 Å². The van der Waals surface area contributed by atoms with Crippen LogP contribution in [0.15, 0.2) is 16.4 Å². The maximum absolute atomic E-state index is 12.7. The summed E-state index contributed by atoms with van der Waals surface area (Å²) in [7, 11) is 0. The predicted molar refractivity (Wildman–Crippen MR) is 114 cm³/mol. The fourth-order valence-electron chi connectivity index (χ4n) is 3.03. The van der Waals surface area contributed by atoms with Crippen LogP contribution in [0, 0.1) is 0 Å². The Labute approximate surface area is 198 Å². The van der Waals surface area contributed by atoms with E-state index in [4.69, 9.17) is 10.5 Å². The fourth-order valence-corrected chi connectivity index (χ4v) is 4.79. The van der Waals surface area contributed by atoms with E-state index < -0.39 is 66.6 Å². The lowest BCUT2D eigenvalue weighted by atomic mass is 10.0. The summed E-state index contributed by atoms with van der Waals surface area (Å²) < 4.78 is 21.1. The third-order valence-electron chi connectivity index (χ3n) is 4.41. The summed E-state index contributed by atoms with van der Waals surface area (Å²) in [6.45, 7) is -0.545. The number of nitrogens with one attached hydrogen (secondary N) is 1. The number of Topliss-reactive ketones (excluding diaryl/α,β-unsaturated/α-hetero) is 1. The van der Waals surface area contributed by atoms with Crippen molar-refractivity contribution in [3.63, 3.8) is 0 Å². The minimum Gasteiger partial charge on any atom is -0.477 e. The molecule has 3 rings (SSSR count). The number of oxime groups is 1. The highest BCUT2D eigenvalue weighted by Gasteiger charge is 2.54. The number of nitrogen functional groups attached to an aromatic ring is 1. The number of carbonyl (C=O) groups is 5. The molecule has 0 radical (unpaired) electrons. The molecule has 0 saturated carbocycles. The largest absolute Gasteiger partial charge is 0.477 e. The predicted octanol–water partition coefficient (Wildman–Crippen LogP) is -0.971. The summed E-state index contributed by atoms with van der Waals surface area (Å²) in [5, 5.41) is 14.6. The van der Waals surface area contributed by atoms with Crippen molar-refractivity contribution in [3.8, 4) is 0 Å². The molecule has 2 amide bonds. The average molecular weight is 516 g/mol. The zero-order valence-corrected chi connectivity index (χ0v) is 19.0. The number of esters is 1. The van der Waals surface area contributed by atoms with Crippen LogP contribution in [0.1, 0.15) is 19.2 Å². The molecule has 182 valence electrons. The minimum absolute atomic E-state index is 0.0113. The van der Waals surface area contributed by atoms with Crippen molar-refractivity contribution in [2.45, 2.75) is 24.8 Å². The molecule has 1 saturated heterocycles. The van der Waals surface area contributed by atoms with E-state index in [1.807, 2.05) is 0 Å². The Morgan fingerprint density at radius 3 is 2.71 bits per heavy atom. The van der Waals surface area contributed by atoms with E-state index >= 15 is 0 Å². The summed E-state index contributed by atoms with van der Waals surface area (Å²) in [6, 6.07) is -1.14. The van der Waals surface area contributed by atoms with Gasteiger partial charge in [0.2, 0.25) is 11.5 Å². The molecule has 1 fully saturated rings. The van der Waals surface area contributed by atoms with Gasteiger partial charge in [0.15, 0.2) is 5.13 Å². The SMILES string of the molecule is CC(=O)CC(=O)OCC1=C(C(=O)O)N2C(=O)[C@@H](NC(=O)/C(=N\OCF)c3nsc(N)n3)[C@H]2SC1. The van der Waals surface area contributed by atoms with Gasteiger partial charge in [0.05, 0.1) is 0 Å². The number of anilines is 1. The second-order valence-electron chi connectivity index (χ2n) is 6.79. The fraction of sp³-hybridized carbons (Fsp3) is 0.412. The third kappa shape index (κ3) is 5.30. The first-order chi connectivity index (χ1) is 16.1. The van der Waals surface area contributed by atoms with E-state index in [0.717, 1.165) is 28.2 Å². The summed E-state index contributed by atoms with van der Waals surface area (Å²) in [5.41, 5.74) is 4.74. The molecule has 17 heteroatoms. The quantitative estimate of drug-likeness (QED) is 0.113. The van der Waals surface area contributed by atoms with Crippen LogP contribution in [0.25, 0.3) is 0 Å². The number of hydrogen-bond acceptors (Lipinski definition) is 13. The second-order valence-corrected chi connectivity index (χ2v) is 8.68. The van der Waals surface area contributed by atoms with Crippen molar-refractivity contribution >= 4 is 63.7 Å². The number of carboxylic acids is 1. The van der Waals surface area contributed by atoms with Crippen LogP contribution in [0.4, 0.5) is 9.52 Å². The van der Waals surface area contributed by atoms with Crippen LogP contribution in [0.2, 0.25) is 0 Å². The zero-order chi connectivity index (χ0) is 25.0. The van der Waals surface area contributed by atoms with Crippen LogP contribution < -0.4 is 11.1 Å². The number of alkyl halides is 1. The van der Waals surface area contributed by atoms with Gasteiger partial charge in [-0.25, -0.2) is 9.18 Å². The highest BCUT2D eigenvalue weighted by molar-refractivity contribution is 8.00. The number of rotatable bonds is 10. The van der Waals surface area contributed by atoms with Crippen molar-refractivity contribution in [3.05, 3.63) is 17.1 Å². The zero-order valence-electron chi connectivity index (χ0n) is 17.3. The van der Waals surface area contributed by atoms with Crippen molar-refractivity contribution in [1.82, 2.24) is 19.6 Å². The molecule has 2 aliphatic heterocycles. The van der Waals surface area contributed by atoms with Crippen molar-refractivity contribution in [2.75, 3.05) is 25.0 Å². The van der Waals surface area contributed by atoms with E-state index in [-0.39, 0.29) is 28.0 Å². The van der Waals surface area contributed by atoms with E-state index in [2.05, 4.69) is 24.7 Å². The number of ether oxygens (including phenoxy) is 1. The molecular formula is C17H17FN6O8S2. The van der Waals surface area contributed by atoms with Gasteiger partial charge in [-0.1, -0.05) is 5.16 Å². The van der Waals surface area contributed by atoms with Crippen LogP contribution >= 0.6 is 23.3 Å². The number of thioether (sulfide) groups is 1. The van der Waals surface area contributed by atoms with Gasteiger partial charge in [0, 0.05) is 22.9 Å². The first-order valence-corrected chi connectivity index (χ1v) is 11.2. The normalized spacial score (nSPS) is 19.8. The van der Waals surface area contributed by atoms with Gasteiger partial charge >= 0.3 is 11.9 Å². The standard InChI is InChI=1S/C17H17FN6O8S2/c1-6(25)2-8(26)31-3-7-4-33-15-10(14(28)24(15)11(7)16(29)30)20-13(27)9(22-32-5-18)12-21-17(19)34-23-12/h10,15H,2-5H2,1H3,(H,20,27)(H,29,30)(H2,19,21,23)/b22-9-/t10-,15-/m1/s1. The molecule has 4 N–H and O–H groups in total. The molecule has 34 heavy (non-hydrogen) atoms. The number of β-lactam (4-membered cyclic amide) rings is 1. The monoisotopic (exact) mass is 516 g/mol. The van der Waals surface area contributed by atoms with E-state index in [0.29, 0.717) is 0 Å². The number of carboxylic acid groups (broad SMARTS) is 1. The Bertz CT molecular complexity index is 1110. The first kappa shape index (κ1) is 25.0. The first-order valence-electron chi connectivity index (χ1n) is 9.35. The van der Waals surface area contributed by atoms with Crippen molar-refractivity contribution in [2.24, 2.45) is 5.16 Å². The van der Waals surface area contributed by atoms with Gasteiger partial charge in [0.1, 0.15) is 35.9 Å². The Kier molecular flexibility index (Phi) is 7.77. The number of aromatic nitrogens is 2. The highest BCUT2D eigenvalue weighted by Crippen LogP contribution is 2.40. The Hall–Kier alpha value is -3.60. The number of halogens is 1. The highest BCUT2D eigenvalue weighted by atomic mass is 32.2. The van der Waals surface area contributed by atoms with Gasteiger partial charge in [-0.3, -0.25) is 24.1 Å². The molecule has 0 spiro atoms. The number of fused-ring (bicyclic) bond motifs is 1. The third-order valence-corrected chi connectivity index (χ3v) is 6.29. The van der Waals surface area contributed by atoms with Gasteiger partial charge in [-0.05, 0) is 6.92 Å². The lowest BCUT2D eigenvalue weighted by Crippen LogP contribution is -2.71. The van der Waals surface area contributed by atoms with Crippen molar-refractivity contribution in [1.29, 1.82) is 0 Å². The molecule has 14 nitrogen and oxygen atoms in total. The molecule has 0 aromatic carbocycles. The number of carbonyl (C=O) groups excluding carboxylic acids is 4. The van der Waals surface area contributed by atoms with Gasteiger partial charge in [-0.2, -0.15) is 9.36 Å². The maximum Gasteiger partial charge on any atom is 0.352 e. The van der Waals surface area contributed by atoms with Crippen molar-refractivity contribution < 1.29 is 43.0 Å². The van der Waals surface area contributed by atoms with Gasteiger partial charge < -0.3 is 25.7 Å². The summed E-state index contributed by atoms with van der Waals surface area (Å²) in [5.74, 6) is -4.54. The van der Waals surface area contributed by atoms with Gasteiger partial charge in [-0.15, -0.1) is 11.8 Å². The van der Waals surface area contributed by atoms with E-state index in [1.165, 1.54) is 6.92 Å². The summed E-state index contributed by atoms with van der Waals surface area (Å²) >= 11 is 1.88. The summed E-state index contributed by atoms with van der Waals surface area (Å²) in [4.78, 5) is 68.9. The topological polar surface area (TPSA) is 203 Å². The lowest BCUT2D eigenvalue weighted by molar-refractivity contribution is -0.150. The number of ketones is 1. The molecule has 2 atom stereocenters. The number of amides is 2. The Balaban J connectivity index is 1.74. The molecule has 2 aliphatic rings. The minimum atomic E-state index is -1.43. The number of aliphatic carboxylic acids is 1. The van der Waals surface area contributed by atoms with Crippen LogP contribution in [0.3, 0.4) is 0 Å². The molecule has 3 heterocycles. The molecule has 0 aliphatic carbocycles. The molecule has 0 bridgehead atoms. The summed E-state index contributed by atoms with van der Waals surface area (Å²) in [6.07, 6.45) is -0.461. The van der Waals surface area contributed by atoms with E-state index in [1.54, 1.807) is 0 Å². The lowest BCUT2D eigenvalue weighted by Gasteiger charge is -2.49. The maximum atomic E-state index is 12.7. The van der Waals surface area contributed by atoms with Crippen LogP contribution in [-0.4, -0.2) is 85.2 Å². The molecular weight excluding hydrogens is 499 g/mol. The average Bonchev–Trinajstić information content (AvgIpc) is 3.20.